The molecule has 0 unspecified atom stereocenters. The van der Waals surface area contributed by atoms with Crippen molar-refractivity contribution in [3.05, 3.63) is 52.6 Å². The van der Waals surface area contributed by atoms with Crippen LogP contribution in [0.3, 0.4) is 0 Å². The fourth-order valence-corrected chi connectivity index (χ4v) is 3.34. The van der Waals surface area contributed by atoms with Crippen molar-refractivity contribution in [1.29, 1.82) is 0 Å². The average Bonchev–Trinajstić information content (AvgIpc) is 2.94. The Kier molecular flexibility index (Phi) is 5.31. The van der Waals surface area contributed by atoms with E-state index in [1.165, 1.54) is 25.3 Å². The Bertz CT molecular complexity index is 918. The highest BCUT2D eigenvalue weighted by atomic mass is 32.2. The van der Waals surface area contributed by atoms with Gasteiger partial charge in [0, 0.05) is 10.6 Å². The molecule has 1 saturated heterocycles. The maximum atomic E-state index is 12.8. The molecule has 140 valence electrons. The maximum Gasteiger partial charge on any atom is 0.297 e. The fourth-order valence-electron chi connectivity index (χ4n) is 2.88. The van der Waals surface area contributed by atoms with Crippen molar-refractivity contribution in [2.24, 2.45) is 0 Å². The molecule has 1 aliphatic heterocycles. The topological polar surface area (TPSA) is 102 Å². The van der Waals surface area contributed by atoms with Gasteiger partial charge >= 0.3 is 0 Å². The van der Waals surface area contributed by atoms with Gasteiger partial charge in [-0.05, 0) is 36.6 Å². The number of anilines is 2. The summed E-state index contributed by atoms with van der Waals surface area (Å²) < 4.78 is 4.99. The molecule has 3 rings (SSSR count). The first kappa shape index (κ1) is 18.7. The first-order chi connectivity index (χ1) is 12.9. The van der Waals surface area contributed by atoms with Crippen molar-refractivity contribution in [2.75, 3.05) is 23.6 Å². The van der Waals surface area contributed by atoms with Crippen LogP contribution in [0.1, 0.15) is 6.42 Å². The molecule has 0 spiro atoms. The summed E-state index contributed by atoms with van der Waals surface area (Å²) >= 11 is 1.56. The highest BCUT2D eigenvalue weighted by molar-refractivity contribution is 7.98. The number of rotatable bonds is 6. The third-order valence-corrected chi connectivity index (χ3v) is 4.90. The van der Waals surface area contributed by atoms with Crippen LogP contribution in [0, 0.1) is 10.1 Å². The molecule has 1 heterocycles. The standard InChI is InChI=1S/C18H17N3O5S/c1-26-12-6-7-15(16(9-12)21(24)25)20-17(22)10-14(18(20)23)19-11-4-3-5-13(8-11)27-2/h3-9,14,19H,10H2,1-2H3/t14-/m0/s1. The number of imide groups is 1. The Hall–Kier alpha value is -3.07. The maximum absolute atomic E-state index is 12.8. The van der Waals surface area contributed by atoms with Crippen molar-refractivity contribution in [3.8, 4) is 5.75 Å². The van der Waals surface area contributed by atoms with E-state index in [9.17, 15) is 19.7 Å². The number of thioether (sulfide) groups is 1. The second kappa shape index (κ2) is 7.67. The lowest BCUT2D eigenvalue weighted by atomic mass is 10.2. The molecule has 1 N–H and O–H groups in total. The number of nitrogens with zero attached hydrogens (tertiary/aromatic N) is 2. The van der Waals surface area contributed by atoms with Gasteiger partial charge in [-0.2, -0.15) is 0 Å². The van der Waals surface area contributed by atoms with Gasteiger partial charge in [-0.1, -0.05) is 6.07 Å². The van der Waals surface area contributed by atoms with Gasteiger partial charge in [0.05, 0.1) is 24.5 Å². The highest BCUT2D eigenvalue weighted by Gasteiger charge is 2.42. The molecule has 2 aromatic rings. The highest BCUT2D eigenvalue weighted by Crippen LogP contribution is 2.35. The van der Waals surface area contributed by atoms with E-state index in [-0.39, 0.29) is 23.5 Å². The van der Waals surface area contributed by atoms with Crippen LogP contribution in [-0.4, -0.2) is 36.1 Å². The molecule has 2 amide bonds. The molecule has 0 radical (unpaired) electrons. The van der Waals surface area contributed by atoms with E-state index < -0.39 is 22.8 Å². The van der Waals surface area contributed by atoms with Crippen molar-refractivity contribution in [1.82, 2.24) is 0 Å². The van der Waals surface area contributed by atoms with Crippen LogP contribution in [-0.2, 0) is 9.59 Å². The van der Waals surface area contributed by atoms with Gasteiger partial charge in [0.2, 0.25) is 5.91 Å². The molecule has 0 aromatic heterocycles. The van der Waals surface area contributed by atoms with Crippen molar-refractivity contribution < 1.29 is 19.2 Å². The van der Waals surface area contributed by atoms with E-state index in [0.29, 0.717) is 5.69 Å². The van der Waals surface area contributed by atoms with Crippen molar-refractivity contribution in [2.45, 2.75) is 17.4 Å². The van der Waals surface area contributed by atoms with E-state index >= 15 is 0 Å². The molecule has 9 heteroatoms. The number of ether oxygens (including phenoxy) is 1. The summed E-state index contributed by atoms with van der Waals surface area (Å²) in [6.45, 7) is 0. The first-order valence-electron chi connectivity index (χ1n) is 8.04. The predicted octanol–water partition coefficient (Wildman–Crippen LogP) is 3.07. The van der Waals surface area contributed by atoms with Crippen LogP contribution < -0.4 is 15.0 Å². The summed E-state index contributed by atoms with van der Waals surface area (Å²) in [4.78, 5) is 37.9. The lowest BCUT2D eigenvalue weighted by Crippen LogP contribution is -2.35. The second-order valence-corrected chi connectivity index (χ2v) is 6.69. The van der Waals surface area contributed by atoms with Crippen LogP contribution in [0.5, 0.6) is 5.75 Å². The molecular weight excluding hydrogens is 370 g/mol. The quantitative estimate of drug-likeness (QED) is 0.352. The molecular formula is C18H17N3O5S. The molecule has 1 atom stereocenters. The minimum Gasteiger partial charge on any atom is -0.496 e. The van der Waals surface area contributed by atoms with Crippen LogP contribution in [0.15, 0.2) is 47.4 Å². The molecule has 1 fully saturated rings. The Balaban J connectivity index is 1.89. The fraction of sp³-hybridized carbons (Fsp3) is 0.222. The Morgan fingerprint density at radius 2 is 2.04 bits per heavy atom. The number of hydrogen-bond donors (Lipinski definition) is 1. The number of amides is 2. The molecule has 2 aromatic carbocycles. The molecule has 1 aliphatic rings. The van der Waals surface area contributed by atoms with E-state index in [0.717, 1.165) is 9.80 Å². The zero-order valence-corrected chi connectivity index (χ0v) is 15.5. The van der Waals surface area contributed by atoms with E-state index in [1.807, 2.05) is 24.5 Å². The second-order valence-electron chi connectivity index (χ2n) is 5.81. The Morgan fingerprint density at radius 1 is 1.26 bits per heavy atom. The summed E-state index contributed by atoms with van der Waals surface area (Å²) in [5.74, 6) is -0.747. The summed E-state index contributed by atoms with van der Waals surface area (Å²) in [5, 5.41) is 14.4. The number of methoxy groups -OCH3 is 1. The molecule has 0 saturated carbocycles. The average molecular weight is 387 g/mol. The molecule has 27 heavy (non-hydrogen) atoms. The zero-order chi connectivity index (χ0) is 19.6. The summed E-state index contributed by atoms with van der Waals surface area (Å²) in [6.07, 6.45) is 1.86. The van der Waals surface area contributed by atoms with E-state index in [2.05, 4.69) is 5.32 Å². The van der Waals surface area contributed by atoms with E-state index in [4.69, 9.17) is 4.74 Å². The summed E-state index contributed by atoms with van der Waals surface area (Å²) in [6, 6.07) is 10.7. The third kappa shape index (κ3) is 3.72. The number of nitrogens with one attached hydrogen (secondary N) is 1. The SMILES string of the molecule is COc1ccc(N2C(=O)C[C@H](Nc3cccc(SC)c3)C2=O)c([N+](=O)[O-])c1. The largest absolute Gasteiger partial charge is 0.496 e. The number of hydrogen-bond acceptors (Lipinski definition) is 7. The number of carbonyl (C=O) groups is 2. The first-order valence-corrected chi connectivity index (χ1v) is 9.27. The van der Waals surface area contributed by atoms with Gasteiger partial charge in [-0.25, -0.2) is 4.90 Å². The predicted molar refractivity (Wildman–Crippen MR) is 102 cm³/mol. The molecule has 0 bridgehead atoms. The van der Waals surface area contributed by atoms with Gasteiger partial charge in [0.25, 0.3) is 11.6 Å². The number of nitro benzene ring substituents is 1. The van der Waals surface area contributed by atoms with Gasteiger partial charge in [-0.3, -0.25) is 19.7 Å². The Labute approximate surface area is 159 Å². The normalized spacial score (nSPS) is 16.5. The van der Waals surface area contributed by atoms with E-state index in [1.54, 1.807) is 17.8 Å². The Morgan fingerprint density at radius 3 is 2.70 bits per heavy atom. The molecule has 8 nitrogen and oxygen atoms in total. The number of carbonyl (C=O) groups excluding carboxylic acids is 2. The third-order valence-electron chi connectivity index (χ3n) is 4.18. The van der Waals surface area contributed by atoms with Gasteiger partial charge in [-0.15, -0.1) is 11.8 Å². The van der Waals surface area contributed by atoms with Crippen molar-refractivity contribution in [3.63, 3.8) is 0 Å². The smallest absolute Gasteiger partial charge is 0.297 e. The van der Waals surface area contributed by atoms with Crippen LogP contribution in [0.25, 0.3) is 0 Å². The molecule has 0 aliphatic carbocycles. The number of benzene rings is 2. The van der Waals surface area contributed by atoms with Gasteiger partial charge < -0.3 is 10.1 Å². The summed E-state index contributed by atoms with van der Waals surface area (Å²) in [5.41, 5.74) is 0.290. The summed E-state index contributed by atoms with van der Waals surface area (Å²) in [7, 11) is 1.38. The minimum absolute atomic E-state index is 0.0574. The van der Waals surface area contributed by atoms with Crippen LogP contribution in [0.4, 0.5) is 17.1 Å². The zero-order valence-electron chi connectivity index (χ0n) is 14.7. The minimum atomic E-state index is -0.781. The van der Waals surface area contributed by atoms with Crippen LogP contribution >= 0.6 is 11.8 Å². The number of nitro groups is 1. The monoisotopic (exact) mass is 387 g/mol. The van der Waals surface area contributed by atoms with Gasteiger partial charge in [0.15, 0.2) is 0 Å². The van der Waals surface area contributed by atoms with Crippen LogP contribution in [0.2, 0.25) is 0 Å². The van der Waals surface area contributed by atoms with Gasteiger partial charge in [0.1, 0.15) is 17.5 Å². The lowest BCUT2D eigenvalue weighted by Gasteiger charge is -2.17. The lowest BCUT2D eigenvalue weighted by molar-refractivity contribution is -0.384. The van der Waals surface area contributed by atoms with Crippen molar-refractivity contribution >= 4 is 40.6 Å².